The molecule has 0 unspecified atom stereocenters. The summed E-state index contributed by atoms with van der Waals surface area (Å²) in [6, 6.07) is 8.39. The Balaban J connectivity index is 0.00000156. The molecule has 2 heterocycles. The van der Waals surface area contributed by atoms with Crippen LogP contribution in [0.2, 0.25) is 0 Å². The van der Waals surface area contributed by atoms with Crippen molar-refractivity contribution < 1.29 is 9.84 Å². The van der Waals surface area contributed by atoms with E-state index in [1.807, 2.05) is 6.07 Å². The summed E-state index contributed by atoms with van der Waals surface area (Å²) < 4.78 is 8.33. The molecule has 1 aliphatic heterocycles. The minimum atomic E-state index is -0.352. The van der Waals surface area contributed by atoms with Crippen LogP contribution in [0.3, 0.4) is 0 Å². The predicted molar refractivity (Wildman–Crippen MR) is 94.4 cm³/mol. The van der Waals surface area contributed by atoms with Crippen LogP contribution in [0.5, 0.6) is 5.75 Å². The van der Waals surface area contributed by atoms with Crippen molar-refractivity contribution in [3.63, 3.8) is 0 Å². The lowest BCUT2D eigenvalue weighted by Crippen LogP contribution is -2.42. The van der Waals surface area contributed by atoms with E-state index in [1.54, 1.807) is 0 Å². The molecule has 0 amide bonds. The lowest BCUT2D eigenvalue weighted by atomic mass is 9.78. The van der Waals surface area contributed by atoms with Crippen molar-refractivity contribution in [2.24, 2.45) is 18.9 Å². The van der Waals surface area contributed by atoms with Gasteiger partial charge in [0, 0.05) is 23.6 Å². The van der Waals surface area contributed by atoms with Crippen LogP contribution in [-0.2, 0) is 7.05 Å². The molecule has 126 valence electrons. The predicted octanol–water partition coefficient (Wildman–Crippen LogP) is 2.65. The van der Waals surface area contributed by atoms with E-state index in [4.69, 9.17) is 4.74 Å². The molecule has 2 aliphatic rings. The molecular formula is C18H25ClN2O2. The summed E-state index contributed by atoms with van der Waals surface area (Å²) in [6.45, 7) is 4.22. The third-order valence-electron chi connectivity index (χ3n) is 5.53. The first-order chi connectivity index (χ1) is 10.6. The highest BCUT2D eigenvalue weighted by Crippen LogP contribution is 2.35. The van der Waals surface area contributed by atoms with Crippen LogP contribution in [-0.4, -0.2) is 35.0 Å². The minimum Gasteiger partial charge on any atom is -0.488 e. The third kappa shape index (κ3) is 2.95. The summed E-state index contributed by atoms with van der Waals surface area (Å²) in [5, 5.41) is 15.0. The lowest BCUT2D eigenvalue weighted by Gasteiger charge is -2.35. The van der Waals surface area contributed by atoms with Gasteiger partial charge < -0.3 is 19.7 Å². The molecule has 0 bridgehead atoms. The quantitative estimate of drug-likeness (QED) is 0.886. The van der Waals surface area contributed by atoms with Gasteiger partial charge in [-0.05, 0) is 69.0 Å². The highest BCUT2D eigenvalue weighted by molar-refractivity contribution is 5.85. The van der Waals surface area contributed by atoms with Gasteiger partial charge in [0.05, 0.1) is 6.10 Å². The van der Waals surface area contributed by atoms with Crippen LogP contribution in [0.1, 0.15) is 18.5 Å². The summed E-state index contributed by atoms with van der Waals surface area (Å²) in [5.41, 5.74) is 2.46. The molecule has 2 N–H and O–H groups in total. The average molecular weight is 337 g/mol. The number of aliphatic hydroxyl groups excluding tert-OH is 1. The standard InChI is InChI=1S/C18H24N2O2.ClH/c1-11-5-12-6-15(3-4-16(12)20(11)2)22-18-8-14-10-19-9-13(14)7-17(18)21;/h3-6,13-14,17-19,21H,7-10H2,1-2H3;1H/t13-,14+,17+,18+;/m0./s1. The van der Waals surface area contributed by atoms with Crippen LogP contribution in [0.4, 0.5) is 0 Å². The smallest absolute Gasteiger partial charge is 0.125 e. The number of halogens is 1. The molecule has 1 aromatic carbocycles. The molecule has 4 atom stereocenters. The van der Waals surface area contributed by atoms with Crippen LogP contribution in [0, 0.1) is 18.8 Å². The number of aliphatic hydroxyl groups is 1. The van der Waals surface area contributed by atoms with E-state index in [2.05, 4.69) is 42.1 Å². The van der Waals surface area contributed by atoms with E-state index in [0.29, 0.717) is 11.8 Å². The zero-order valence-corrected chi connectivity index (χ0v) is 14.5. The molecule has 1 saturated carbocycles. The summed E-state index contributed by atoms with van der Waals surface area (Å²) in [7, 11) is 2.08. The molecule has 0 radical (unpaired) electrons. The van der Waals surface area contributed by atoms with Crippen molar-refractivity contribution in [2.45, 2.75) is 32.0 Å². The van der Waals surface area contributed by atoms with Crippen LogP contribution in [0.25, 0.3) is 10.9 Å². The summed E-state index contributed by atoms with van der Waals surface area (Å²) in [6.07, 6.45) is 1.37. The number of nitrogens with one attached hydrogen (secondary N) is 1. The van der Waals surface area contributed by atoms with Gasteiger partial charge in [-0.15, -0.1) is 12.4 Å². The lowest BCUT2D eigenvalue weighted by molar-refractivity contribution is -0.0230. The number of aromatic nitrogens is 1. The van der Waals surface area contributed by atoms with Gasteiger partial charge in [-0.25, -0.2) is 0 Å². The third-order valence-corrected chi connectivity index (χ3v) is 5.53. The Labute approximate surface area is 143 Å². The fourth-order valence-corrected chi connectivity index (χ4v) is 4.10. The Kier molecular flexibility index (Phi) is 4.59. The second kappa shape index (κ2) is 6.34. The topological polar surface area (TPSA) is 46.4 Å². The molecule has 4 nitrogen and oxygen atoms in total. The van der Waals surface area contributed by atoms with Gasteiger partial charge in [0.1, 0.15) is 11.9 Å². The van der Waals surface area contributed by atoms with E-state index in [1.165, 1.54) is 16.6 Å². The molecule has 1 aliphatic carbocycles. The van der Waals surface area contributed by atoms with Crippen LogP contribution in [0.15, 0.2) is 24.3 Å². The number of rotatable bonds is 2. The van der Waals surface area contributed by atoms with E-state index in [9.17, 15) is 5.11 Å². The maximum atomic E-state index is 10.4. The molecule has 23 heavy (non-hydrogen) atoms. The Morgan fingerprint density at radius 2 is 1.91 bits per heavy atom. The van der Waals surface area contributed by atoms with Crippen molar-refractivity contribution in [1.29, 1.82) is 0 Å². The van der Waals surface area contributed by atoms with Gasteiger partial charge in [0.2, 0.25) is 0 Å². The Morgan fingerprint density at radius 1 is 1.17 bits per heavy atom. The van der Waals surface area contributed by atoms with Gasteiger partial charge in [0.15, 0.2) is 0 Å². The van der Waals surface area contributed by atoms with E-state index >= 15 is 0 Å². The Bertz CT molecular complexity index is 700. The molecule has 2 aromatic rings. The molecule has 5 heteroatoms. The molecular weight excluding hydrogens is 312 g/mol. The SMILES string of the molecule is Cc1cc2cc(O[C@@H]3C[C@@H]4CNC[C@@H]4C[C@H]3O)ccc2n1C.Cl. The average Bonchev–Trinajstić information content (AvgIpc) is 3.04. The highest BCUT2D eigenvalue weighted by Gasteiger charge is 2.39. The second-order valence-corrected chi connectivity index (χ2v) is 6.94. The number of nitrogens with zero attached hydrogens (tertiary/aromatic N) is 1. The number of fused-ring (bicyclic) bond motifs is 2. The van der Waals surface area contributed by atoms with E-state index < -0.39 is 0 Å². The van der Waals surface area contributed by atoms with Crippen molar-refractivity contribution in [1.82, 2.24) is 9.88 Å². The number of benzene rings is 1. The maximum Gasteiger partial charge on any atom is 0.125 e. The zero-order chi connectivity index (χ0) is 15.3. The van der Waals surface area contributed by atoms with E-state index in [-0.39, 0.29) is 24.6 Å². The Morgan fingerprint density at radius 3 is 2.70 bits per heavy atom. The molecule has 2 fully saturated rings. The monoisotopic (exact) mass is 336 g/mol. The number of hydrogen-bond acceptors (Lipinski definition) is 3. The van der Waals surface area contributed by atoms with Gasteiger partial charge in [-0.3, -0.25) is 0 Å². The first kappa shape index (κ1) is 16.6. The van der Waals surface area contributed by atoms with Gasteiger partial charge >= 0.3 is 0 Å². The Hall–Kier alpha value is -1.23. The summed E-state index contributed by atoms with van der Waals surface area (Å²) in [4.78, 5) is 0. The number of aryl methyl sites for hydroxylation is 2. The van der Waals surface area contributed by atoms with Gasteiger partial charge in [-0.2, -0.15) is 0 Å². The zero-order valence-electron chi connectivity index (χ0n) is 13.7. The minimum absolute atomic E-state index is 0. The molecule has 4 rings (SSSR count). The first-order valence-corrected chi connectivity index (χ1v) is 8.23. The van der Waals surface area contributed by atoms with Crippen molar-refractivity contribution in [3.05, 3.63) is 30.0 Å². The first-order valence-electron chi connectivity index (χ1n) is 8.23. The number of hydrogen-bond donors (Lipinski definition) is 2. The fraction of sp³-hybridized carbons (Fsp3) is 0.556. The second-order valence-electron chi connectivity index (χ2n) is 6.94. The van der Waals surface area contributed by atoms with Gasteiger partial charge in [0.25, 0.3) is 0 Å². The van der Waals surface area contributed by atoms with E-state index in [0.717, 1.165) is 31.7 Å². The largest absolute Gasteiger partial charge is 0.488 e. The summed E-state index contributed by atoms with van der Waals surface area (Å²) in [5.74, 6) is 2.14. The van der Waals surface area contributed by atoms with Crippen molar-refractivity contribution in [3.8, 4) is 5.75 Å². The van der Waals surface area contributed by atoms with Gasteiger partial charge in [-0.1, -0.05) is 0 Å². The summed E-state index contributed by atoms with van der Waals surface area (Å²) >= 11 is 0. The van der Waals surface area contributed by atoms with Crippen LogP contribution < -0.4 is 10.1 Å². The molecule has 1 aromatic heterocycles. The highest BCUT2D eigenvalue weighted by atomic mass is 35.5. The van der Waals surface area contributed by atoms with Crippen molar-refractivity contribution in [2.75, 3.05) is 13.1 Å². The van der Waals surface area contributed by atoms with Crippen molar-refractivity contribution >= 4 is 23.3 Å². The number of ether oxygens (including phenoxy) is 1. The normalized spacial score (nSPS) is 30.0. The fourth-order valence-electron chi connectivity index (χ4n) is 4.10. The molecule has 1 saturated heterocycles. The van der Waals surface area contributed by atoms with Crippen LogP contribution >= 0.6 is 12.4 Å². The molecule has 0 spiro atoms. The maximum absolute atomic E-state index is 10.4.